The number of hydrogen-bond donors (Lipinski definition) is 0. The zero-order chi connectivity index (χ0) is 23.7. The van der Waals surface area contributed by atoms with Gasteiger partial charge in [0, 0.05) is 21.3 Å². The summed E-state index contributed by atoms with van der Waals surface area (Å²) in [5.41, 5.74) is 3.55. The monoisotopic (exact) mass is 510 g/mol. The van der Waals surface area contributed by atoms with E-state index in [1.807, 2.05) is 72.8 Å². The molecule has 1 amide bonds. The van der Waals surface area contributed by atoms with Crippen molar-refractivity contribution in [1.82, 2.24) is 0 Å². The van der Waals surface area contributed by atoms with Crippen molar-refractivity contribution in [2.45, 2.75) is 0 Å². The SMILES string of the molecule is O=C([O-])c1ccc(N2C(=O)/C(=C/c3ccc(-c4ccc(Br)cc4)o3)C=C2c2ccccc2)cc1. The van der Waals surface area contributed by atoms with Crippen molar-refractivity contribution < 1.29 is 19.1 Å². The molecule has 5 nitrogen and oxygen atoms in total. The standard InChI is InChI=1S/C28H18BrNO4/c29-22-10-6-19(7-11-22)26-15-14-24(34-26)16-21-17-25(18-4-2-1-3-5-18)30(27(21)31)23-12-8-20(9-13-23)28(32)33/h1-17H,(H,32,33)/p-1/b21-16+. The summed E-state index contributed by atoms with van der Waals surface area (Å²) < 4.78 is 6.96. The molecule has 6 heteroatoms. The number of anilines is 1. The maximum atomic E-state index is 13.5. The number of nitrogens with zero attached hydrogens (tertiary/aromatic N) is 1. The lowest BCUT2D eigenvalue weighted by Gasteiger charge is -2.21. The summed E-state index contributed by atoms with van der Waals surface area (Å²) in [6.07, 6.45) is 3.52. The fourth-order valence-corrected chi connectivity index (χ4v) is 4.06. The van der Waals surface area contributed by atoms with Crippen LogP contribution in [0.3, 0.4) is 0 Å². The molecular formula is C28H17BrNO4-. The largest absolute Gasteiger partial charge is 0.545 e. The molecule has 0 fully saturated rings. The van der Waals surface area contributed by atoms with Crippen molar-refractivity contribution in [2.24, 2.45) is 0 Å². The lowest BCUT2D eigenvalue weighted by atomic mass is 10.1. The second-order valence-electron chi connectivity index (χ2n) is 7.68. The van der Waals surface area contributed by atoms with Gasteiger partial charge in [-0.25, -0.2) is 0 Å². The molecule has 1 aliphatic rings. The van der Waals surface area contributed by atoms with Crippen LogP contribution in [0.15, 0.2) is 112 Å². The molecule has 0 spiro atoms. The number of rotatable bonds is 5. The van der Waals surface area contributed by atoms with Crippen molar-refractivity contribution in [2.75, 3.05) is 4.90 Å². The minimum atomic E-state index is -1.27. The first-order chi connectivity index (χ1) is 16.5. The van der Waals surface area contributed by atoms with E-state index < -0.39 is 5.97 Å². The molecule has 0 aliphatic carbocycles. The van der Waals surface area contributed by atoms with Gasteiger partial charge in [-0.3, -0.25) is 9.69 Å². The highest BCUT2D eigenvalue weighted by molar-refractivity contribution is 9.10. The summed E-state index contributed by atoms with van der Waals surface area (Å²) in [5, 5.41) is 11.1. The van der Waals surface area contributed by atoms with Crippen LogP contribution in [-0.2, 0) is 4.79 Å². The Morgan fingerprint density at radius 1 is 0.853 bits per heavy atom. The van der Waals surface area contributed by atoms with Gasteiger partial charge in [0.25, 0.3) is 5.91 Å². The lowest BCUT2D eigenvalue weighted by molar-refractivity contribution is -0.255. The molecule has 0 unspecified atom stereocenters. The average Bonchev–Trinajstić information content (AvgIpc) is 3.45. The zero-order valence-electron chi connectivity index (χ0n) is 17.8. The molecule has 34 heavy (non-hydrogen) atoms. The zero-order valence-corrected chi connectivity index (χ0v) is 19.4. The number of halogens is 1. The Labute approximate surface area is 204 Å². The van der Waals surface area contributed by atoms with Crippen molar-refractivity contribution in [1.29, 1.82) is 0 Å². The van der Waals surface area contributed by atoms with E-state index in [-0.39, 0.29) is 11.5 Å². The van der Waals surface area contributed by atoms with Crippen LogP contribution in [0.1, 0.15) is 21.7 Å². The third-order valence-corrected chi connectivity index (χ3v) is 6.00. The van der Waals surface area contributed by atoms with Gasteiger partial charge in [-0.2, -0.15) is 0 Å². The van der Waals surface area contributed by atoms with Crippen molar-refractivity contribution >= 4 is 45.3 Å². The second kappa shape index (κ2) is 9.00. The van der Waals surface area contributed by atoms with Gasteiger partial charge < -0.3 is 14.3 Å². The van der Waals surface area contributed by atoms with Crippen LogP contribution in [0.2, 0.25) is 0 Å². The molecule has 0 atom stereocenters. The summed E-state index contributed by atoms with van der Waals surface area (Å²) in [5.74, 6) is -0.245. The highest BCUT2D eigenvalue weighted by atomic mass is 79.9. The molecule has 2 heterocycles. The highest BCUT2D eigenvalue weighted by Gasteiger charge is 2.30. The predicted octanol–water partition coefficient (Wildman–Crippen LogP) is 5.54. The van der Waals surface area contributed by atoms with E-state index in [0.717, 1.165) is 15.6 Å². The Balaban J connectivity index is 1.52. The number of hydrogen-bond acceptors (Lipinski definition) is 4. The van der Waals surface area contributed by atoms with E-state index in [2.05, 4.69) is 15.9 Å². The van der Waals surface area contributed by atoms with Crippen LogP contribution in [0.4, 0.5) is 5.69 Å². The second-order valence-corrected chi connectivity index (χ2v) is 8.59. The van der Waals surface area contributed by atoms with Gasteiger partial charge in [0.2, 0.25) is 0 Å². The van der Waals surface area contributed by atoms with E-state index in [4.69, 9.17) is 4.42 Å². The molecular weight excluding hydrogens is 494 g/mol. The van der Waals surface area contributed by atoms with Crippen LogP contribution in [0.5, 0.6) is 0 Å². The van der Waals surface area contributed by atoms with E-state index in [1.54, 1.807) is 23.1 Å². The topological polar surface area (TPSA) is 73.6 Å². The number of benzene rings is 3. The van der Waals surface area contributed by atoms with E-state index in [0.29, 0.717) is 28.5 Å². The van der Waals surface area contributed by atoms with Crippen LogP contribution < -0.4 is 10.0 Å². The van der Waals surface area contributed by atoms with Crippen LogP contribution in [0.25, 0.3) is 23.1 Å². The average molecular weight is 511 g/mol. The molecule has 5 rings (SSSR count). The van der Waals surface area contributed by atoms with E-state index in [1.165, 1.54) is 12.1 Å². The molecule has 0 saturated carbocycles. The number of carbonyl (C=O) groups is 2. The first kappa shape index (κ1) is 21.7. The Morgan fingerprint density at radius 2 is 1.56 bits per heavy atom. The fourth-order valence-electron chi connectivity index (χ4n) is 3.79. The van der Waals surface area contributed by atoms with Crippen molar-refractivity contribution in [3.05, 3.63) is 124 Å². The van der Waals surface area contributed by atoms with E-state index in [9.17, 15) is 14.7 Å². The summed E-state index contributed by atoms with van der Waals surface area (Å²) in [6, 6.07) is 27.1. The number of carboxylic acids is 1. The van der Waals surface area contributed by atoms with Gasteiger partial charge in [0.15, 0.2) is 0 Å². The quantitative estimate of drug-likeness (QED) is 0.330. The lowest BCUT2D eigenvalue weighted by Crippen LogP contribution is -2.25. The molecule has 166 valence electrons. The first-order valence-corrected chi connectivity index (χ1v) is 11.3. The maximum Gasteiger partial charge on any atom is 0.263 e. The van der Waals surface area contributed by atoms with Gasteiger partial charge in [-0.05, 0) is 59.7 Å². The minimum absolute atomic E-state index is 0.0486. The summed E-state index contributed by atoms with van der Waals surface area (Å²) in [6.45, 7) is 0. The summed E-state index contributed by atoms with van der Waals surface area (Å²) in [7, 11) is 0. The number of aromatic carboxylic acids is 1. The minimum Gasteiger partial charge on any atom is -0.545 e. The molecule has 1 aliphatic heterocycles. The molecule has 0 radical (unpaired) electrons. The molecule has 0 saturated heterocycles. The van der Waals surface area contributed by atoms with Crippen LogP contribution >= 0.6 is 15.9 Å². The fraction of sp³-hybridized carbons (Fsp3) is 0. The van der Waals surface area contributed by atoms with Gasteiger partial charge >= 0.3 is 0 Å². The predicted molar refractivity (Wildman–Crippen MR) is 132 cm³/mol. The van der Waals surface area contributed by atoms with Gasteiger partial charge in [-0.15, -0.1) is 0 Å². The molecule has 3 aromatic carbocycles. The first-order valence-electron chi connectivity index (χ1n) is 10.5. The summed E-state index contributed by atoms with van der Waals surface area (Å²) in [4.78, 5) is 26.2. The van der Waals surface area contributed by atoms with Crippen molar-refractivity contribution in [3.63, 3.8) is 0 Å². The Morgan fingerprint density at radius 3 is 2.24 bits per heavy atom. The number of carbonyl (C=O) groups excluding carboxylic acids is 2. The highest BCUT2D eigenvalue weighted by Crippen LogP contribution is 2.36. The van der Waals surface area contributed by atoms with Crippen molar-refractivity contribution in [3.8, 4) is 11.3 Å². The maximum absolute atomic E-state index is 13.5. The number of amides is 1. The van der Waals surface area contributed by atoms with Crippen LogP contribution in [0, 0.1) is 0 Å². The third-order valence-electron chi connectivity index (χ3n) is 5.47. The van der Waals surface area contributed by atoms with E-state index >= 15 is 0 Å². The Kier molecular flexibility index (Phi) is 5.74. The molecule has 1 aromatic heterocycles. The van der Waals surface area contributed by atoms with Gasteiger partial charge in [0.1, 0.15) is 11.5 Å². The molecule has 4 aromatic rings. The smallest absolute Gasteiger partial charge is 0.263 e. The molecule has 0 bridgehead atoms. The van der Waals surface area contributed by atoms with Gasteiger partial charge in [0.05, 0.1) is 11.7 Å². The number of furan rings is 1. The Hall–Kier alpha value is -4.16. The molecule has 0 N–H and O–H groups in total. The van der Waals surface area contributed by atoms with Gasteiger partial charge in [-0.1, -0.05) is 70.5 Å². The Bertz CT molecular complexity index is 1430. The normalized spacial score (nSPS) is 14.5. The number of carboxylic acid groups (broad SMARTS) is 1. The van der Waals surface area contributed by atoms with Crippen LogP contribution in [-0.4, -0.2) is 11.9 Å². The summed E-state index contributed by atoms with van der Waals surface area (Å²) >= 11 is 3.43. The third kappa shape index (κ3) is 4.23.